The fourth-order valence-electron chi connectivity index (χ4n) is 6.20. The highest BCUT2D eigenvalue weighted by molar-refractivity contribution is 5.72. The number of carbonyl (C=O) groups excluding carboxylic acids is 3. The van der Waals surface area contributed by atoms with Crippen molar-refractivity contribution in [3.8, 4) is 0 Å². The fourth-order valence-corrected chi connectivity index (χ4v) is 6.20. The number of allylic oxidation sites excluding steroid dienone is 13. The van der Waals surface area contributed by atoms with E-state index in [1.165, 1.54) is 70.6 Å². The van der Waals surface area contributed by atoms with Crippen molar-refractivity contribution < 1.29 is 28.6 Å². The molecule has 0 aliphatic heterocycles. The Kier molecular flexibility index (Phi) is 43.6. The van der Waals surface area contributed by atoms with Crippen molar-refractivity contribution in [3.05, 3.63) is 85.1 Å². The maximum absolute atomic E-state index is 12.7. The molecule has 0 fully saturated rings. The Hall–Kier alpha value is -3.41. The molecule has 0 radical (unpaired) electrons. The second-order valence-electron chi connectivity index (χ2n) is 15.3. The molecule has 58 heavy (non-hydrogen) atoms. The molecule has 0 aromatic heterocycles. The van der Waals surface area contributed by atoms with Crippen molar-refractivity contribution >= 4 is 17.9 Å². The summed E-state index contributed by atoms with van der Waals surface area (Å²) in [7, 11) is 0. The van der Waals surface area contributed by atoms with Gasteiger partial charge in [-0.1, -0.05) is 196 Å². The van der Waals surface area contributed by atoms with Crippen LogP contribution in [0.3, 0.4) is 0 Å². The molecule has 0 amide bonds. The van der Waals surface area contributed by atoms with E-state index < -0.39 is 12.1 Å². The lowest BCUT2D eigenvalue weighted by atomic mass is 10.1. The fraction of sp³-hybridized carbons (Fsp3) is 0.673. The maximum atomic E-state index is 12.7. The molecule has 0 saturated heterocycles. The van der Waals surface area contributed by atoms with Crippen molar-refractivity contribution in [3.63, 3.8) is 0 Å². The van der Waals surface area contributed by atoms with Gasteiger partial charge in [-0.25, -0.2) is 0 Å². The van der Waals surface area contributed by atoms with E-state index in [1.54, 1.807) is 6.08 Å². The van der Waals surface area contributed by atoms with Crippen LogP contribution in [0.1, 0.15) is 207 Å². The summed E-state index contributed by atoms with van der Waals surface area (Å²) in [6, 6.07) is 0. The first-order valence-corrected chi connectivity index (χ1v) is 23.6. The third kappa shape index (κ3) is 43.7. The molecule has 0 bridgehead atoms. The minimum Gasteiger partial charge on any atom is -0.462 e. The van der Waals surface area contributed by atoms with Crippen molar-refractivity contribution in [1.29, 1.82) is 0 Å². The average Bonchev–Trinajstić information content (AvgIpc) is 3.22. The normalized spacial score (nSPS) is 12.8. The van der Waals surface area contributed by atoms with E-state index in [0.29, 0.717) is 6.42 Å². The van der Waals surface area contributed by atoms with Crippen LogP contribution in [0.15, 0.2) is 85.1 Å². The van der Waals surface area contributed by atoms with Crippen molar-refractivity contribution in [2.24, 2.45) is 0 Å². The minimum absolute atomic E-state index is 0.117. The summed E-state index contributed by atoms with van der Waals surface area (Å²) in [4.78, 5) is 37.7. The number of hydrogen-bond acceptors (Lipinski definition) is 6. The zero-order valence-electron chi connectivity index (χ0n) is 37.5. The molecule has 0 aromatic carbocycles. The van der Waals surface area contributed by atoms with E-state index in [2.05, 4.69) is 87.6 Å². The summed E-state index contributed by atoms with van der Waals surface area (Å²) >= 11 is 0. The number of hydrogen-bond donors (Lipinski definition) is 0. The summed E-state index contributed by atoms with van der Waals surface area (Å²) in [5.41, 5.74) is 0. The van der Waals surface area contributed by atoms with Gasteiger partial charge in [-0.05, 0) is 77.0 Å². The molecular weight excluding hydrogens is 721 g/mol. The van der Waals surface area contributed by atoms with Gasteiger partial charge in [0.05, 0.1) is 6.42 Å². The van der Waals surface area contributed by atoms with E-state index in [0.717, 1.165) is 96.3 Å². The second kappa shape index (κ2) is 46.3. The average molecular weight is 807 g/mol. The molecule has 0 heterocycles. The van der Waals surface area contributed by atoms with Crippen molar-refractivity contribution in [2.75, 3.05) is 13.2 Å². The van der Waals surface area contributed by atoms with Crippen LogP contribution in [-0.2, 0) is 28.6 Å². The van der Waals surface area contributed by atoms with Crippen LogP contribution in [-0.4, -0.2) is 37.2 Å². The van der Waals surface area contributed by atoms with Crippen LogP contribution in [0.4, 0.5) is 0 Å². The first kappa shape index (κ1) is 54.6. The molecular formula is C52H86O6. The van der Waals surface area contributed by atoms with Crippen LogP contribution >= 0.6 is 0 Å². The van der Waals surface area contributed by atoms with Crippen LogP contribution in [0, 0.1) is 0 Å². The highest BCUT2D eigenvalue weighted by Gasteiger charge is 2.19. The van der Waals surface area contributed by atoms with Crippen LogP contribution in [0.2, 0.25) is 0 Å². The first-order valence-electron chi connectivity index (χ1n) is 23.6. The van der Waals surface area contributed by atoms with E-state index in [-0.39, 0.29) is 38.0 Å². The van der Waals surface area contributed by atoms with Gasteiger partial charge in [0, 0.05) is 12.8 Å². The molecule has 6 nitrogen and oxygen atoms in total. The first-order chi connectivity index (χ1) is 28.5. The highest BCUT2D eigenvalue weighted by atomic mass is 16.6. The van der Waals surface area contributed by atoms with Gasteiger partial charge < -0.3 is 14.2 Å². The minimum atomic E-state index is -0.824. The van der Waals surface area contributed by atoms with Gasteiger partial charge in [-0.3, -0.25) is 14.4 Å². The third-order valence-corrected chi connectivity index (χ3v) is 9.71. The molecule has 0 N–H and O–H groups in total. The molecule has 0 aromatic rings. The second-order valence-corrected chi connectivity index (χ2v) is 15.3. The van der Waals surface area contributed by atoms with Crippen LogP contribution < -0.4 is 0 Å². The lowest BCUT2D eigenvalue weighted by molar-refractivity contribution is -0.166. The lowest BCUT2D eigenvalue weighted by Crippen LogP contribution is -2.30. The standard InChI is InChI=1S/C52H86O6/c1-4-7-10-13-16-19-21-23-24-25-26-27-29-30-33-36-39-42-45-51(54)57-48-49(47-56-50(53)44-41-38-35-32-18-15-12-9-6-3)58-52(55)46-43-40-37-34-31-28-22-20-17-14-11-8-5-2/h8-9,11-12,14,17-18,20,22,26-27,32,38,41,49H,4-7,10,13,15-16,19,21,23-25,28-31,33-37,39-40,42-48H2,1-3H3/b11-8-,12-9-,17-14-,22-20-,27-26-,32-18-,41-38-. The lowest BCUT2D eigenvalue weighted by Gasteiger charge is -2.18. The summed E-state index contributed by atoms with van der Waals surface area (Å²) in [5, 5.41) is 0. The number of ether oxygens (including phenoxy) is 3. The van der Waals surface area contributed by atoms with Crippen molar-refractivity contribution in [2.45, 2.75) is 213 Å². The SMILES string of the molecule is CC\C=C/C=C\C=C/CCCCCCCC(=O)OC(COC(=O)C/C=C\C/C=C\C/C=C\CC)COC(=O)CCCCCCC/C=C\CCCCCCCCCCC. The Labute approximate surface area is 356 Å². The number of carbonyl (C=O) groups is 3. The van der Waals surface area contributed by atoms with Crippen LogP contribution in [0.25, 0.3) is 0 Å². The van der Waals surface area contributed by atoms with Crippen LogP contribution in [0.5, 0.6) is 0 Å². The predicted molar refractivity (Wildman–Crippen MR) is 247 cm³/mol. The van der Waals surface area contributed by atoms with Gasteiger partial charge >= 0.3 is 17.9 Å². The number of rotatable bonds is 41. The quantitative estimate of drug-likeness (QED) is 0.0201. The van der Waals surface area contributed by atoms with Gasteiger partial charge in [0.2, 0.25) is 0 Å². The maximum Gasteiger partial charge on any atom is 0.309 e. The Bertz CT molecular complexity index is 1160. The smallest absolute Gasteiger partial charge is 0.309 e. The molecule has 6 heteroatoms. The molecule has 0 aliphatic rings. The molecule has 330 valence electrons. The Balaban J connectivity index is 4.41. The highest BCUT2D eigenvalue weighted by Crippen LogP contribution is 2.13. The van der Waals surface area contributed by atoms with Gasteiger partial charge in [0.25, 0.3) is 0 Å². The summed E-state index contributed by atoms with van der Waals surface area (Å²) < 4.78 is 16.6. The van der Waals surface area contributed by atoms with Gasteiger partial charge in [-0.15, -0.1) is 0 Å². The zero-order valence-corrected chi connectivity index (χ0v) is 37.5. The van der Waals surface area contributed by atoms with Crippen molar-refractivity contribution in [1.82, 2.24) is 0 Å². The number of esters is 3. The largest absolute Gasteiger partial charge is 0.462 e. The molecule has 0 spiro atoms. The van der Waals surface area contributed by atoms with E-state index in [1.807, 2.05) is 12.2 Å². The Morgan fingerprint density at radius 3 is 1.38 bits per heavy atom. The van der Waals surface area contributed by atoms with E-state index in [9.17, 15) is 14.4 Å². The summed E-state index contributed by atoms with van der Waals surface area (Å²) in [5.74, 6) is -1.08. The van der Waals surface area contributed by atoms with Gasteiger partial charge in [0.1, 0.15) is 13.2 Å². The summed E-state index contributed by atoms with van der Waals surface area (Å²) in [6.45, 7) is 6.25. The summed E-state index contributed by atoms with van der Waals surface area (Å²) in [6.07, 6.45) is 58.9. The third-order valence-electron chi connectivity index (χ3n) is 9.71. The molecule has 0 aliphatic carbocycles. The van der Waals surface area contributed by atoms with Gasteiger partial charge in [0.15, 0.2) is 6.10 Å². The Morgan fingerprint density at radius 1 is 0.397 bits per heavy atom. The molecule has 0 saturated carbocycles. The molecule has 1 atom stereocenters. The van der Waals surface area contributed by atoms with E-state index >= 15 is 0 Å². The Morgan fingerprint density at radius 2 is 0.828 bits per heavy atom. The molecule has 0 rings (SSSR count). The van der Waals surface area contributed by atoms with Gasteiger partial charge in [-0.2, -0.15) is 0 Å². The number of unbranched alkanes of at least 4 members (excludes halogenated alkanes) is 19. The topological polar surface area (TPSA) is 78.9 Å². The van der Waals surface area contributed by atoms with E-state index in [4.69, 9.17) is 14.2 Å². The zero-order chi connectivity index (χ0) is 42.3. The monoisotopic (exact) mass is 807 g/mol. The molecule has 1 unspecified atom stereocenters. The predicted octanol–water partition coefficient (Wildman–Crippen LogP) is 15.3.